The van der Waals surface area contributed by atoms with E-state index in [2.05, 4.69) is 41.8 Å². The zero-order valence-electron chi connectivity index (χ0n) is 17.5. The van der Waals surface area contributed by atoms with Crippen molar-refractivity contribution in [2.75, 3.05) is 6.79 Å². The third kappa shape index (κ3) is 2.96. The summed E-state index contributed by atoms with van der Waals surface area (Å²) in [5.74, 6) is 1.44. The lowest BCUT2D eigenvalue weighted by Crippen LogP contribution is -2.38. The Morgan fingerprint density at radius 1 is 1.03 bits per heavy atom. The van der Waals surface area contributed by atoms with Crippen LogP contribution in [0, 0.1) is 0 Å². The first kappa shape index (κ1) is 19.1. The number of allylic oxidation sites excluding steroid dienone is 1. The zero-order valence-corrected chi connectivity index (χ0v) is 19.1. The van der Waals surface area contributed by atoms with Crippen LogP contribution in [0.3, 0.4) is 0 Å². The second-order valence-electron chi connectivity index (χ2n) is 8.24. The summed E-state index contributed by atoms with van der Waals surface area (Å²) in [6.45, 7) is 0.231. The monoisotopic (exact) mass is 470 g/mol. The minimum Gasteiger partial charge on any atom is -0.454 e. The van der Waals surface area contributed by atoms with Gasteiger partial charge in [-0.3, -0.25) is 9.36 Å². The molecule has 7 heteroatoms. The molecule has 1 aliphatic carbocycles. The van der Waals surface area contributed by atoms with Gasteiger partial charge >= 0.3 is 0 Å². The number of aromatic nitrogens is 1. The maximum absolute atomic E-state index is 13.7. The molecule has 0 amide bonds. The van der Waals surface area contributed by atoms with E-state index in [0.29, 0.717) is 10.3 Å². The van der Waals surface area contributed by atoms with E-state index in [1.807, 2.05) is 28.8 Å². The fourth-order valence-corrected chi connectivity index (χ4v) is 6.72. The average Bonchev–Trinajstić information content (AvgIpc) is 3.59. The number of ether oxygens (including phenoxy) is 2. The molecule has 162 valence electrons. The van der Waals surface area contributed by atoms with Gasteiger partial charge in [0.2, 0.25) is 6.79 Å². The summed E-state index contributed by atoms with van der Waals surface area (Å²) in [5, 5.41) is 2.08. The maximum atomic E-state index is 13.7. The van der Waals surface area contributed by atoms with E-state index in [-0.39, 0.29) is 18.4 Å². The Morgan fingerprint density at radius 3 is 2.85 bits per heavy atom. The molecular formula is C26H18N2O3S2. The number of hydrogen-bond acceptors (Lipinski definition) is 6. The number of rotatable bonds is 2. The average molecular weight is 471 g/mol. The van der Waals surface area contributed by atoms with E-state index in [1.54, 1.807) is 11.3 Å². The van der Waals surface area contributed by atoms with Crippen molar-refractivity contribution >= 4 is 34.4 Å². The van der Waals surface area contributed by atoms with Crippen molar-refractivity contribution in [2.24, 2.45) is 4.99 Å². The molecule has 2 aromatic heterocycles. The number of aryl methyl sites for hydroxylation is 1. The van der Waals surface area contributed by atoms with E-state index in [4.69, 9.17) is 14.5 Å². The maximum Gasteiger partial charge on any atom is 0.271 e. The number of benzene rings is 2. The predicted molar refractivity (Wildman–Crippen MR) is 130 cm³/mol. The molecule has 33 heavy (non-hydrogen) atoms. The summed E-state index contributed by atoms with van der Waals surface area (Å²) >= 11 is 3.14. The van der Waals surface area contributed by atoms with Crippen LogP contribution in [0.25, 0.3) is 11.8 Å². The van der Waals surface area contributed by atoms with Gasteiger partial charge in [-0.2, -0.15) is 0 Å². The molecule has 7 rings (SSSR count). The number of fused-ring (bicyclic) bond motifs is 4. The Labute approximate surface area is 197 Å². The van der Waals surface area contributed by atoms with Gasteiger partial charge in [0.1, 0.15) is 0 Å². The summed E-state index contributed by atoms with van der Waals surface area (Å²) in [6, 6.07) is 18.3. The van der Waals surface area contributed by atoms with Crippen LogP contribution in [-0.4, -0.2) is 11.4 Å². The molecule has 4 aromatic rings. The smallest absolute Gasteiger partial charge is 0.271 e. The number of thiophene rings is 1. The highest BCUT2D eigenvalue weighted by Crippen LogP contribution is 2.42. The van der Waals surface area contributed by atoms with Crippen LogP contribution in [-0.2, 0) is 6.42 Å². The van der Waals surface area contributed by atoms with Crippen molar-refractivity contribution in [2.45, 2.75) is 18.9 Å². The largest absolute Gasteiger partial charge is 0.454 e. The molecular weight excluding hydrogens is 452 g/mol. The first-order valence-electron chi connectivity index (χ1n) is 10.8. The Bertz CT molecular complexity index is 1630. The third-order valence-electron chi connectivity index (χ3n) is 6.38. The molecule has 0 fully saturated rings. The second-order valence-corrected chi connectivity index (χ2v) is 10.2. The molecule has 0 spiro atoms. The number of nitrogens with zero attached hydrogens (tertiary/aromatic N) is 2. The van der Waals surface area contributed by atoms with Crippen LogP contribution in [0.4, 0.5) is 0 Å². The topological polar surface area (TPSA) is 52.8 Å². The van der Waals surface area contributed by atoms with Crippen LogP contribution in [0.5, 0.6) is 11.5 Å². The fourth-order valence-electron chi connectivity index (χ4n) is 4.87. The van der Waals surface area contributed by atoms with Crippen LogP contribution < -0.4 is 24.4 Å². The molecule has 1 unspecified atom stereocenters. The Hall–Kier alpha value is -3.42. The molecule has 0 N–H and O–H groups in total. The molecule has 0 bridgehead atoms. The third-order valence-corrected chi connectivity index (χ3v) is 8.29. The first-order chi connectivity index (χ1) is 16.3. The standard InChI is InChI=1S/C26H18N2O3S2/c29-25-22(13-15-7-10-19-20(12-15)31-14-30-19)33-26-27-23-17-5-2-1-4-16(17)8-9-18(23)24(28(25)26)21-6-3-11-32-21/h1-7,10-13,24H,8-9,14H2. The molecule has 2 aliphatic heterocycles. The number of thiazole rings is 1. The Kier molecular flexibility index (Phi) is 4.22. The van der Waals surface area contributed by atoms with Crippen molar-refractivity contribution in [3.63, 3.8) is 0 Å². The minimum atomic E-state index is -0.108. The van der Waals surface area contributed by atoms with Gasteiger partial charge < -0.3 is 9.47 Å². The molecule has 5 nitrogen and oxygen atoms in total. The Balaban J connectivity index is 1.46. The Morgan fingerprint density at radius 2 is 1.94 bits per heavy atom. The first-order valence-corrected chi connectivity index (χ1v) is 12.5. The van der Waals surface area contributed by atoms with Gasteiger partial charge in [0.25, 0.3) is 5.56 Å². The van der Waals surface area contributed by atoms with Crippen molar-refractivity contribution in [3.05, 3.63) is 107 Å². The summed E-state index contributed by atoms with van der Waals surface area (Å²) in [6.07, 6.45) is 3.80. The van der Waals surface area contributed by atoms with Crippen LogP contribution >= 0.6 is 22.7 Å². The van der Waals surface area contributed by atoms with Gasteiger partial charge in [0.15, 0.2) is 16.3 Å². The zero-order chi connectivity index (χ0) is 21.9. The second kappa shape index (κ2) is 7.30. The fraction of sp³-hybridized carbons (Fsp3) is 0.154. The summed E-state index contributed by atoms with van der Waals surface area (Å²) in [4.78, 5) is 20.7. The molecule has 0 saturated carbocycles. The molecule has 4 heterocycles. The van der Waals surface area contributed by atoms with Gasteiger partial charge in [-0.05, 0) is 59.2 Å². The van der Waals surface area contributed by atoms with E-state index in [9.17, 15) is 4.79 Å². The van der Waals surface area contributed by atoms with Crippen LogP contribution in [0.1, 0.15) is 34.0 Å². The summed E-state index contributed by atoms with van der Waals surface area (Å²) in [5.41, 5.74) is 5.69. The SMILES string of the molecule is O=c1c(=Cc2ccc3c(c2)OCO3)sc2n1C(c1cccs1)C1=C(N=2)c2ccccc2CC1. The highest BCUT2D eigenvalue weighted by molar-refractivity contribution is 7.10. The van der Waals surface area contributed by atoms with Gasteiger partial charge in [0, 0.05) is 10.4 Å². The lowest BCUT2D eigenvalue weighted by molar-refractivity contribution is 0.174. The van der Waals surface area contributed by atoms with Gasteiger partial charge in [-0.1, -0.05) is 47.7 Å². The molecule has 0 saturated heterocycles. The van der Waals surface area contributed by atoms with Crippen LogP contribution in [0.2, 0.25) is 0 Å². The van der Waals surface area contributed by atoms with Crippen molar-refractivity contribution in [3.8, 4) is 11.5 Å². The summed E-state index contributed by atoms with van der Waals surface area (Å²) < 4.78 is 13.5. The van der Waals surface area contributed by atoms with Gasteiger partial charge in [-0.25, -0.2) is 4.99 Å². The molecule has 3 aliphatic rings. The summed E-state index contributed by atoms with van der Waals surface area (Å²) in [7, 11) is 0. The predicted octanol–water partition coefficient (Wildman–Crippen LogP) is 4.11. The van der Waals surface area contributed by atoms with Gasteiger partial charge in [0.05, 0.1) is 16.3 Å². The quantitative estimate of drug-likeness (QED) is 0.443. The number of hydrogen-bond donors (Lipinski definition) is 0. The lowest BCUT2D eigenvalue weighted by atomic mass is 9.85. The minimum absolute atomic E-state index is 0.000209. The molecule has 1 atom stereocenters. The highest BCUT2D eigenvalue weighted by atomic mass is 32.1. The van der Waals surface area contributed by atoms with Crippen LogP contribution in [0.15, 0.2) is 75.3 Å². The lowest BCUT2D eigenvalue weighted by Gasteiger charge is -2.30. The van der Waals surface area contributed by atoms with Crippen molar-refractivity contribution in [1.29, 1.82) is 0 Å². The molecule has 2 aromatic carbocycles. The van der Waals surface area contributed by atoms with Crippen molar-refractivity contribution < 1.29 is 9.47 Å². The van der Waals surface area contributed by atoms with E-state index in [1.165, 1.54) is 32.9 Å². The van der Waals surface area contributed by atoms with Gasteiger partial charge in [-0.15, -0.1) is 11.3 Å². The van der Waals surface area contributed by atoms with E-state index in [0.717, 1.165) is 34.7 Å². The highest BCUT2D eigenvalue weighted by Gasteiger charge is 2.33. The van der Waals surface area contributed by atoms with E-state index >= 15 is 0 Å². The van der Waals surface area contributed by atoms with E-state index < -0.39 is 0 Å². The normalized spacial score (nSPS) is 18.5. The van der Waals surface area contributed by atoms with Crippen molar-refractivity contribution in [1.82, 2.24) is 4.57 Å². The molecule has 0 radical (unpaired) electrons.